The normalized spacial score (nSPS) is 10.7. The molecule has 7 nitrogen and oxygen atoms in total. The maximum Gasteiger partial charge on any atom is 0.255 e. The number of ether oxygens (including phenoxy) is 2. The van der Waals surface area contributed by atoms with Crippen molar-refractivity contribution >= 4 is 23.5 Å². The Hall–Kier alpha value is -3.79. The van der Waals surface area contributed by atoms with E-state index in [-0.39, 0.29) is 12.2 Å². The maximum atomic E-state index is 10.9. The Morgan fingerprint density at radius 2 is 1.78 bits per heavy atom. The van der Waals surface area contributed by atoms with Crippen LogP contribution in [0.5, 0.6) is 11.5 Å². The van der Waals surface area contributed by atoms with Crippen LogP contribution >= 0.6 is 0 Å². The number of hydrogen-bond donors (Lipinski definition) is 1. The van der Waals surface area contributed by atoms with E-state index in [1.54, 1.807) is 31.2 Å². The first-order valence-corrected chi connectivity index (χ1v) is 8.06. The number of benzene rings is 2. The molecule has 2 aromatic rings. The second-order valence-electron chi connectivity index (χ2n) is 5.43. The van der Waals surface area contributed by atoms with Crippen molar-refractivity contribution in [3.05, 3.63) is 59.2 Å². The van der Waals surface area contributed by atoms with Gasteiger partial charge in [0.25, 0.3) is 5.91 Å². The third kappa shape index (κ3) is 5.34. The number of carbonyl (C=O) groups is 2. The lowest BCUT2D eigenvalue weighted by atomic mass is 10.0. The van der Waals surface area contributed by atoms with Crippen LogP contribution in [0.3, 0.4) is 0 Å². The van der Waals surface area contributed by atoms with Crippen molar-refractivity contribution < 1.29 is 24.2 Å². The lowest BCUT2D eigenvalue weighted by molar-refractivity contribution is -0.255. The standard InChI is InChI=1S/C20H18N2O5/c1-2-26-18-10-13(3-8-17(18)27-12-19(22)23)9-16(11-21)14-4-6-15(7-5-14)20(24)25/h3-10H,2,12H2,1H3,(H2,22,23)(H,24,25)/p-1/b16-9-. The molecule has 0 spiro atoms. The minimum Gasteiger partial charge on any atom is -0.545 e. The van der Waals surface area contributed by atoms with Gasteiger partial charge in [0.15, 0.2) is 18.1 Å². The van der Waals surface area contributed by atoms with Crippen LogP contribution in [0.2, 0.25) is 0 Å². The molecule has 0 bridgehead atoms. The van der Waals surface area contributed by atoms with Crippen LogP contribution < -0.4 is 20.3 Å². The van der Waals surface area contributed by atoms with Gasteiger partial charge in [-0.25, -0.2) is 0 Å². The smallest absolute Gasteiger partial charge is 0.255 e. The van der Waals surface area contributed by atoms with Crippen molar-refractivity contribution in [1.82, 2.24) is 0 Å². The van der Waals surface area contributed by atoms with Crippen molar-refractivity contribution in [3.8, 4) is 17.6 Å². The molecular weight excluding hydrogens is 348 g/mol. The van der Waals surface area contributed by atoms with Gasteiger partial charge in [-0.15, -0.1) is 0 Å². The zero-order valence-electron chi connectivity index (χ0n) is 14.6. The fourth-order valence-electron chi connectivity index (χ4n) is 2.28. The summed E-state index contributed by atoms with van der Waals surface area (Å²) in [5.74, 6) is -1.10. The number of rotatable bonds is 8. The van der Waals surface area contributed by atoms with Crippen LogP contribution in [0.15, 0.2) is 42.5 Å². The van der Waals surface area contributed by atoms with Crippen LogP contribution in [0, 0.1) is 11.3 Å². The molecule has 27 heavy (non-hydrogen) atoms. The van der Waals surface area contributed by atoms with Crippen molar-refractivity contribution in [2.24, 2.45) is 5.73 Å². The molecule has 0 saturated heterocycles. The highest BCUT2D eigenvalue weighted by molar-refractivity contribution is 5.91. The summed E-state index contributed by atoms with van der Waals surface area (Å²) in [5.41, 5.74) is 6.69. The first kappa shape index (κ1) is 19.5. The van der Waals surface area contributed by atoms with Gasteiger partial charge in [0.2, 0.25) is 0 Å². The van der Waals surface area contributed by atoms with Gasteiger partial charge in [-0.1, -0.05) is 30.3 Å². The molecule has 0 aliphatic carbocycles. The Kier molecular flexibility index (Phi) is 6.55. The Morgan fingerprint density at radius 1 is 1.11 bits per heavy atom. The zero-order valence-corrected chi connectivity index (χ0v) is 14.6. The number of aromatic carboxylic acids is 1. The zero-order chi connectivity index (χ0) is 19.8. The number of nitrogens with two attached hydrogens (primary N) is 1. The molecule has 0 fully saturated rings. The summed E-state index contributed by atoms with van der Waals surface area (Å²) in [6.45, 7) is 1.92. The fraction of sp³-hybridized carbons (Fsp3) is 0.150. The Labute approximate surface area is 156 Å². The maximum absolute atomic E-state index is 10.9. The van der Waals surface area contributed by atoms with E-state index >= 15 is 0 Å². The molecule has 0 heterocycles. The van der Waals surface area contributed by atoms with Crippen molar-refractivity contribution in [3.63, 3.8) is 0 Å². The molecule has 0 aliphatic rings. The number of carbonyl (C=O) groups excluding carboxylic acids is 2. The van der Waals surface area contributed by atoms with Gasteiger partial charge >= 0.3 is 0 Å². The molecule has 0 atom stereocenters. The largest absolute Gasteiger partial charge is 0.545 e. The summed E-state index contributed by atoms with van der Waals surface area (Å²) < 4.78 is 10.8. The molecule has 0 unspecified atom stereocenters. The highest BCUT2D eigenvalue weighted by Gasteiger charge is 2.09. The second-order valence-corrected chi connectivity index (χ2v) is 5.43. The topological polar surface area (TPSA) is 125 Å². The van der Waals surface area contributed by atoms with Crippen LogP contribution in [-0.4, -0.2) is 25.1 Å². The van der Waals surface area contributed by atoms with Crippen molar-refractivity contribution in [2.75, 3.05) is 13.2 Å². The van der Waals surface area contributed by atoms with E-state index in [2.05, 4.69) is 6.07 Å². The predicted molar refractivity (Wildman–Crippen MR) is 96.6 cm³/mol. The second kappa shape index (κ2) is 9.06. The number of carboxylic acids is 1. The van der Waals surface area contributed by atoms with Crippen LogP contribution in [0.25, 0.3) is 11.6 Å². The molecule has 0 aliphatic heterocycles. The van der Waals surface area contributed by atoms with Crippen molar-refractivity contribution in [1.29, 1.82) is 5.26 Å². The van der Waals surface area contributed by atoms with Gasteiger partial charge in [-0.3, -0.25) is 4.79 Å². The van der Waals surface area contributed by atoms with Gasteiger partial charge in [-0.2, -0.15) is 5.26 Å². The number of allylic oxidation sites excluding steroid dienone is 1. The summed E-state index contributed by atoms with van der Waals surface area (Å²) in [4.78, 5) is 21.7. The quantitative estimate of drug-likeness (QED) is 0.556. The molecule has 138 valence electrons. The first-order chi connectivity index (χ1) is 12.9. The van der Waals surface area contributed by atoms with Crippen LogP contribution in [-0.2, 0) is 4.79 Å². The summed E-state index contributed by atoms with van der Waals surface area (Å²) in [5, 5.41) is 20.3. The Balaban J connectivity index is 2.34. The number of carboxylic acid groups (broad SMARTS) is 1. The minimum absolute atomic E-state index is 0.0330. The van der Waals surface area contributed by atoms with Crippen LogP contribution in [0.1, 0.15) is 28.4 Å². The van der Waals surface area contributed by atoms with Gasteiger partial charge < -0.3 is 25.1 Å². The fourth-order valence-corrected chi connectivity index (χ4v) is 2.28. The highest BCUT2D eigenvalue weighted by Crippen LogP contribution is 2.30. The number of nitrogens with zero attached hydrogens (tertiary/aromatic N) is 1. The summed E-state index contributed by atoms with van der Waals surface area (Å²) in [6, 6.07) is 12.9. The minimum atomic E-state index is -1.28. The lowest BCUT2D eigenvalue weighted by Gasteiger charge is -2.12. The number of nitriles is 1. The summed E-state index contributed by atoms with van der Waals surface area (Å²) in [7, 11) is 0. The molecule has 1 amide bonds. The molecule has 0 saturated carbocycles. The lowest BCUT2D eigenvalue weighted by Crippen LogP contribution is -2.21. The average Bonchev–Trinajstić information content (AvgIpc) is 2.65. The predicted octanol–water partition coefficient (Wildman–Crippen LogP) is 1.38. The molecule has 2 N–H and O–H groups in total. The monoisotopic (exact) mass is 365 g/mol. The molecule has 2 rings (SSSR count). The third-order valence-corrected chi connectivity index (χ3v) is 3.50. The summed E-state index contributed by atoms with van der Waals surface area (Å²) >= 11 is 0. The average molecular weight is 365 g/mol. The molecule has 0 aromatic heterocycles. The van der Waals surface area contributed by atoms with E-state index in [1.165, 1.54) is 24.3 Å². The first-order valence-electron chi connectivity index (χ1n) is 8.06. The van der Waals surface area contributed by atoms with E-state index < -0.39 is 11.9 Å². The number of amides is 1. The number of hydrogen-bond acceptors (Lipinski definition) is 6. The third-order valence-electron chi connectivity index (χ3n) is 3.50. The van der Waals surface area contributed by atoms with Crippen molar-refractivity contribution in [2.45, 2.75) is 6.92 Å². The van der Waals surface area contributed by atoms with Gasteiger partial charge in [0.1, 0.15) is 0 Å². The van der Waals surface area contributed by atoms with E-state index in [1.807, 2.05) is 0 Å². The number of primary amides is 1. The summed E-state index contributed by atoms with van der Waals surface area (Å²) in [6.07, 6.45) is 1.63. The van der Waals surface area contributed by atoms with Gasteiger partial charge in [0, 0.05) is 0 Å². The molecular formula is C20H17N2O5-. The van der Waals surface area contributed by atoms with Gasteiger partial charge in [0.05, 0.1) is 24.2 Å². The Morgan fingerprint density at radius 3 is 2.33 bits per heavy atom. The van der Waals surface area contributed by atoms with E-state index in [4.69, 9.17) is 15.2 Å². The van der Waals surface area contributed by atoms with Crippen LogP contribution in [0.4, 0.5) is 0 Å². The Bertz CT molecular complexity index is 911. The molecule has 2 aromatic carbocycles. The highest BCUT2D eigenvalue weighted by atomic mass is 16.5. The van der Waals surface area contributed by atoms with E-state index in [0.717, 1.165) is 0 Å². The van der Waals surface area contributed by atoms with E-state index in [9.17, 15) is 20.0 Å². The molecule has 0 radical (unpaired) electrons. The van der Waals surface area contributed by atoms with E-state index in [0.29, 0.717) is 34.8 Å². The van der Waals surface area contributed by atoms with Gasteiger partial charge in [-0.05, 0) is 41.8 Å². The SMILES string of the molecule is CCOc1cc(/C=C(/C#N)c2ccc(C(=O)[O-])cc2)ccc1OCC(N)=O. The molecule has 7 heteroatoms.